The van der Waals surface area contributed by atoms with Gasteiger partial charge in [-0.15, -0.1) is 0 Å². The molecular weight excluding hydrogens is 346 g/mol. The summed E-state index contributed by atoms with van der Waals surface area (Å²) in [4.78, 5) is 28.9. The van der Waals surface area contributed by atoms with Gasteiger partial charge < -0.3 is 20.1 Å². The van der Waals surface area contributed by atoms with Crippen molar-refractivity contribution in [2.24, 2.45) is 5.92 Å². The molecule has 1 aromatic carbocycles. The monoisotopic (exact) mass is 371 g/mol. The molecule has 7 nitrogen and oxygen atoms in total. The highest BCUT2D eigenvalue weighted by atomic mass is 16.5. The summed E-state index contributed by atoms with van der Waals surface area (Å²) in [5, 5.41) is 5.58. The Labute approximate surface area is 159 Å². The molecule has 1 heterocycles. The number of hydrogen-bond acceptors (Lipinski definition) is 5. The van der Waals surface area contributed by atoms with Crippen LogP contribution in [0, 0.1) is 5.92 Å². The fraction of sp³-hybridized carbons (Fsp3) is 0.350. The highest BCUT2D eigenvalue weighted by Crippen LogP contribution is 2.29. The molecule has 0 radical (unpaired) electrons. The second-order valence-electron chi connectivity index (χ2n) is 6.39. The molecule has 0 aliphatic carbocycles. The number of hydrogen-bond donors (Lipinski definition) is 2. The maximum atomic E-state index is 12.6. The minimum atomic E-state index is -0.446. The predicted octanol–water partition coefficient (Wildman–Crippen LogP) is 3.13. The van der Waals surface area contributed by atoms with E-state index in [4.69, 9.17) is 9.47 Å². The van der Waals surface area contributed by atoms with Crippen LogP contribution in [0.4, 0.5) is 5.69 Å². The second-order valence-corrected chi connectivity index (χ2v) is 6.39. The van der Waals surface area contributed by atoms with Gasteiger partial charge in [0.25, 0.3) is 11.8 Å². The molecule has 0 fully saturated rings. The number of ether oxygens (including phenoxy) is 2. The first-order valence-electron chi connectivity index (χ1n) is 8.72. The third-order valence-corrected chi connectivity index (χ3v) is 3.92. The zero-order valence-electron chi connectivity index (χ0n) is 16.0. The van der Waals surface area contributed by atoms with E-state index in [0.29, 0.717) is 35.2 Å². The number of nitrogens with one attached hydrogen (secondary N) is 2. The zero-order valence-corrected chi connectivity index (χ0v) is 16.0. The summed E-state index contributed by atoms with van der Waals surface area (Å²) in [6, 6.07) is 8.12. The van der Waals surface area contributed by atoms with Gasteiger partial charge in [-0.1, -0.05) is 13.8 Å². The van der Waals surface area contributed by atoms with Crippen molar-refractivity contribution in [1.29, 1.82) is 0 Å². The van der Waals surface area contributed by atoms with Gasteiger partial charge in [-0.05, 0) is 36.6 Å². The Bertz CT molecular complexity index is 806. The van der Waals surface area contributed by atoms with Crippen LogP contribution < -0.4 is 20.1 Å². The van der Waals surface area contributed by atoms with Crippen molar-refractivity contribution in [3.63, 3.8) is 0 Å². The van der Waals surface area contributed by atoms with Crippen LogP contribution in [-0.4, -0.2) is 37.6 Å². The lowest BCUT2D eigenvalue weighted by molar-refractivity contribution is 0.0952. The summed E-state index contributed by atoms with van der Waals surface area (Å²) in [7, 11) is 3.05. The summed E-state index contributed by atoms with van der Waals surface area (Å²) >= 11 is 0. The lowest BCUT2D eigenvalue weighted by atomic mass is 10.1. The highest BCUT2D eigenvalue weighted by molar-refractivity contribution is 6.05. The lowest BCUT2D eigenvalue weighted by Gasteiger charge is -2.12. The average molecular weight is 371 g/mol. The van der Waals surface area contributed by atoms with E-state index in [1.807, 2.05) is 0 Å². The molecule has 2 N–H and O–H groups in total. The normalized spacial score (nSPS) is 10.4. The van der Waals surface area contributed by atoms with Gasteiger partial charge in [0.15, 0.2) is 0 Å². The molecule has 0 atom stereocenters. The van der Waals surface area contributed by atoms with E-state index in [0.717, 1.165) is 6.42 Å². The number of rotatable bonds is 8. The van der Waals surface area contributed by atoms with Crippen LogP contribution in [-0.2, 0) is 0 Å². The fourth-order valence-electron chi connectivity index (χ4n) is 2.37. The molecule has 27 heavy (non-hydrogen) atoms. The first-order chi connectivity index (χ1) is 12.9. The van der Waals surface area contributed by atoms with Gasteiger partial charge in [0.2, 0.25) is 0 Å². The third kappa shape index (κ3) is 5.70. The van der Waals surface area contributed by atoms with Gasteiger partial charge in [-0.2, -0.15) is 0 Å². The number of methoxy groups -OCH3 is 2. The third-order valence-electron chi connectivity index (χ3n) is 3.92. The van der Waals surface area contributed by atoms with E-state index in [9.17, 15) is 9.59 Å². The average Bonchev–Trinajstić information content (AvgIpc) is 2.67. The van der Waals surface area contributed by atoms with E-state index < -0.39 is 5.91 Å². The maximum absolute atomic E-state index is 12.6. The molecule has 7 heteroatoms. The molecule has 144 valence electrons. The topological polar surface area (TPSA) is 89.5 Å². The number of carbonyl (C=O) groups excluding carboxylic acids is 2. The molecule has 0 saturated heterocycles. The summed E-state index contributed by atoms with van der Waals surface area (Å²) < 4.78 is 10.4. The molecule has 0 aliphatic heterocycles. The Balaban J connectivity index is 2.12. The van der Waals surface area contributed by atoms with Gasteiger partial charge in [0, 0.05) is 24.4 Å². The van der Waals surface area contributed by atoms with Crippen LogP contribution in [0.1, 0.15) is 41.1 Å². The number of amides is 2. The zero-order chi connectivity index (χ0) is 19.8. The van der Waals surface area contributed by atoms with Crippen molar-refractivity contribution in [3.8, 4) is 11.5 Å². The van der Waals surface area contributed by atoms with Gasteiger partial charge in [-0.3, -0.25) is 14.6 Å². The first-order valence-corrected chi connectivity index (χ1v) is 8.72. The minimum absolute atomic E-state index is 0.136. The van der Waals surface area contributed by atoms with E-state index in [2.05, 4.69) is 29.5 Å². The largest absolute Gasteiger partial charge is 0.497 e. The number of carbonyl (C=O) groups is 2. The summed E-state index contributed by atoms with van der Waals surface area (Å²) in [6.45, 7) is 4.77. The van der Waals surface area contributed by atoms with E-state index >= 15 is 0 Å². The van der Waals surface area contributed by atoms with Crippen molar-refractivity contribution < 1.29 is 19.1 Å². The minimum Gasteiger partial charge on any atom is -0.497 e. The fourth-order valence-corrected chi connectivity index (χ4v) is 2.37. The standard InChI is InChI=1S/C20H25N3O4/c1-13(2)7-9-22-19(24)14-8-10-21-17(11-14)20(25)23-16-12-15(26-3)5-6-18(16)27-4/h5-6,8,10-13H,7,9H2,1-4H3,(H,22,24)(H,23,25). The Morgan fingerprint density at radius 3 is 2.52 bits per heavy atom. The number of pyridine rings is 1. The Hall–Kier alpha value is -3.09. The lowest BCUT2D eigenvalue weighted by Crippen LogP contribution is -2.26. The van der Waals surface area contributed by atoms with E-state index in [1.165, 1.54) is 26.5 Å². The molecule has 2 amide bonds. The van der Waals surface area contributed by atoms with Crippen molar-refractivity contribution in [2.75, 3.05) is 26.1 Å². The quantitative estimate of drug-likeness (QED) is 0.744. The van der Waals surface area contributed by atoms with Crippen molar-refractivity contribution in [3.05, 3.63) is 47.8 Å². The van der Waals surface area contributed by atoms with Gasteiger partial charge in [0.05, 0.1) is 19.9 Å². The summed E-state index contributed by atoms with van der Waals surface area (Å²) in [5.74, 6) is 0.899. The highest BCUT2D eigenvalue weighted by Gasteiger charge is 2.14. The van der Waals surface area contributed by atoms with Crippen molar-refractivity contribution in [2.45, 2.75) is 20.3 Å². The van der Waals surface area contributed by atoms with Crippen LogP contribution in [0.5, 0.6) is 11.5 Å². The van der Waals surface area contributed by atoms with Crippen LogP contribution in [0.3, 0.4) is 0 Å². The first kappa shape index (κ1) is 20.2. The molecule has 0 spiro atoms. The maximum Gasteiger partial charge on any atom is 0.274 e. The molecule has 1 aromatic heterocycles. The van der Waals surface area contributed by atoms with Gasteiger partial charge in [-0.25, -0.2) is 0 Å². The molecule has 0 bridgehead atoms. The second kappa shape index (κ2) is 9.56. The molecule has 0 saturated carbocycles. The number of anilines is 1. The molecule has 2 rings (SSSR count). The van der Waals surface area contributed by atoms with Crippen LogP contribution >= 0.6 is 0 Å². The smallest absolute Gasteiger partial charge is 0.274 e. The summed E-state index contributed by atoms with van der Waals surface area (Å²) in [6.07, 6.45) is 2.33. The molecule has 0 aliphatic rings. The predicted molar refractivity (Wildman–Crippen MR) is 104 cm³/mol. The van der Waals surface area contributed by atoms with Gasteiger partial charge >= 0.3 is 0 Å². The van der Waals surface area contributed by atoms with Crippen molar-refractivity contribution in [1.82, 2.24) is 10.3 Å². The summed E-state index contributed by atoms with van der Waals surface area (Å²) in [5.41, 5.74) is 0.975. The number of nitrogens with zero attached hydrogens (tertiary/aromatic N) is 1. The van der Waals surface area contributed by atoms with E-state index in [-0.39, 0.29) is 11.6 Å². The number of benzene rings is 1. The van der Waals surface area contributed by atoms with Gasteiger partial charge in [0.1, 0.15) is 17.2 Å². The molecule has 2 aromatic rings. The SMILES string of the molecule is COc1ccc(OC)c(NC(=O)c2cc(C(=O)NCCC(C)C)ccn2)c1. The van der Waals surface area contributed by atoms with Crippen molar-refractivity contribution >= 4 is 17.5 Å². The van der Waals surface area contributed by atoms with E-state index in [1.54, 1.807) is 24.3 Å². The Morgan fingerprint density at radius 1 is 1.07 bits per heavy atom. The van der Waals surface area contributed by atoms with Crippen LogP contribution in [0.15, 0.2) is 36.5 Å². The van der Waals surface area contributed by atoms with Crippen LogP contribution in [0.25, 0.3) is 0 Å². The molecule has 0 unspecified atom stereocenters. The number of aromatic nitrogens is 1. The molecular formula is C20H25N3O4. The van der Waals surface area contributed by atoms with Crippen LogP contribution in [0.2, 0.25) is 0 Å². The Kier molecular flexibility index (Phi) is 7.16. The Morgan fingerprint density at radius 2 is 1.85 bits per heavy atom.